The Labute approximate surface area is 120 Å². The Morgan fingerprint density at radius 2 is 2.16 bits per heavy atom. The quantitative estimate of drug-likeness (QED) is 0.915. The second-order valence-corrected chi connectivity index (χ2v) is 6.47. The molecule has 102 valence electrons. The highest BCUT2D eigenvalue weighted by Crippen LogP contribution is 2.32. The minimum atomic E-state index is -0.485. The average Bonchev–Trinajstić information content (AvgIpc) is 2.87. The van der Waals surface area contributed by atoms with Gasteiger partial charge in [0, 0.05) is 25.2 Å². The first-order valence-electron chi connectivity index (χ1n) is 5.93. The van der Waals surface area contributed by atoms with E-state index in [1.165, 1.54) is 11.8 Å². The van der Waals surface area contributed by atoms with Crippen LogP contribution < -0.4 is 4.90 Å². The lowest BCUT2D eigenvalue weighted by Crippen LogP contribution is -2.07. The maximum absolute atomic E-state index is 9.68. The molecule has 1 atom stereocenters. The number of hydrogen-bond donors (Lipinski definition) is 1. The van der Waals surface area contributed by atoms with Crippen LogP contribution in [0.3, 0.4) is 0 Å². The Morgan fingerprint density at radius 1 is 1.37 bits per heavy atom. The SMILES string of the molecule is CC[C@@H](O)c1ccc(Sc2nnc(N(C)C)s2)cn1. The van der Waals surface area contributed by atoms with Gasteiger partial charge in [-0.05, 0) is 18.6 Å². The van der Waals surface area contributed by atoms with Crippen molar-refractivity contribution < 1.29 is 5.11 Å². The van der Waals surface area contributed by atoms with Gasteiger partial charge in [0.05, 0.1) is 11.8 Å². The van der Waals surface area contributed by atoms with Crippen LogP contribution in [-0.2, 0) is 0 Å². The minimum Gasteiger partial charge on any atom is -0.387 e. The van der Waals surface area contributed by atoms with Gasteiger partial charge in [-0.1, -0.05) is 30.0 Å². The van der Waals surface area contributed by atoms with Crippen molar-refractivity contribution in [3.8, 4) is 0 Å². The lowest BCUT2D eigenvalue weighted by molar-refractivity contribution is 0.169. The van der Waals surface area contributed by atoms with Crippen LogP contribution in [0.5, 0.6) is 0 Å². The standard InChI is InChI=1S/C12H16N4OS2/c1-4-10(17)9-6-5-8(7-13-9)18-12-15-14-11(19-12)16(2)3/h5-7,10,17H,4H2,1-3H3/t10-/m1/s1. The molecule has 0 saturated heterocycles. The number of nitrogens with zero attached hydrogens (tertiary/aromatic N) is 4. The van der Waals surface area contributed by atoms with Crippen LogP contribution >= 0.6 is 23.1 Å². The van der Waals surface area contributed by atoms with Crippen LogP contribution in [0.15, 0.2) is 27.6 Å². The van der Waals surface area contributed by atoms with E-state index in [4.69, 9.17) is 0 Å². The molecule has 0 bridgehead atoms. The molecule has 1 N–H and O–H groups in total. The van der Waals surface area contributed by atoms with Crippen LogP contribution in [0.25, 0.3) is 0 Å². The van der Waals surface area contributed by atoms with Crippen molar-refractivity contribution in [2.75, 3.05) is 19.0 Å². The van der Waals surface area contributed by atoms with E-state index in [9.17, 15) is 5.11 Å². The molecule has 2 aromatic rings. The van der Waals surface area contributed by atoms with Gasteiger partial charge in [-0.25, -0.2) is 0 Å². The molecule has 7 heteroatoms. The zero-order chi connectivity index (χ0) is 13.8. The van der Waals surface area contributed by atoms with Crippen LogP contribution in [0.4, 0.5) is 5.13 Å². The van der Waals surface area contributed by atoms with Gasteiger partial charge in [0.25, 0.3) is 0 Å². The van der Waals surface area contributed by atoms with E-state index >= 15 is 0 Å². The number of pyridine rings is 1. The zero-order valence-electron chi connectivity index (χ0n) is 11.1. The van der Waals surface area contributed by atoms with Gasteiger partial charge in [-0.3, -0.25) is 4.98 Å². The number of anilines is 1. The van der Waals surface area contributed by atoms with Crippen molar-refractivity contribution in [2.45, 2.75) is 28.7 Å². The molecule has 0 aliphatic heterocycles. The van der Waals surface area contributed by atoms with Crippen LogP contribution in [-0.4, -0.2) is 34.4 Å². The summed E-state index contributed by atoms with van der Waals surface area (Å²) in [4.78, 5) is 7.19. The van der Waals surface area contributed by atoms with E-state index in [0.29, 0.717) is 12.1 Å². The summed E-state index contributed by atoms with van der Waals surface area (Å²) >= 11 is 3.07. The highest BCUT2D eigenvalue weighted by molar-refractivity contribution is 8.01. The van der Waals surface area contributed by atoms with Gasteiger partial charge < -0.3 is 10.0 Å². The molecule has 0 amide bonds. The Morgan fingerprint density at radius 3 is 2.68 bits per heavy atom. The lowest BCUT2D eigenvalue weighted by Gasteiger charge is -2.06. The van der Waals surface area contributed by atoms with E-state index < -0.39 is 6.10 Å². The maximum atomic E-state index is 9.68. The predicted octanol–water partition coefficient (Wildman–Crippen LogP) is 2.59. The first-order valence-corrected chi connectivity index (χ1v) is 7.56. The molecular formula is C12H16N4OS2. The van der Waals surface area contributed by atoms with Crippen molar-refractivity contribution in [3.63, 3.8) is 0 Å². The fraction of sp³-hybridized carbons (Fsp3) is 0.417. The van der Waals surface area contributed by atoms with Crippen LogP contribution in [0, 0.1) is 0 Å². The molecular weight excluding hydrogens is 280 g/mol. The topological polar surface area (TPSA) is 62.1 Å². The molecule has 0 unspecified atom stereocenters. The molecule has 2 rings (SSSR count). The molecule has 0 fully saturated rings. The highest BCUT2D eigenvalue weighted by atomic mass is 32.2. The van der Waals surface area contributed by atoms with Gasteiger partial charge in [0.2, 0.25) is 5.13 Å². The normalized spacial score (nSPS) is 12.4. The Kier molecular flexibility index (Phi) is 4.73. The first-order chi connectivity index (χ1) is 9.10. The monoisotopic (exact) mass is 296 g/mol. The second-order valence-electron chi connectivity index (χ2n) is 4.19. The molecule has 19 heavy (non-hydrogen) atoms. The average molecular weight is 296 g/mol. The summed E-state index contributed by atoms with van der Waals surface area (Å²) in [5.74, 6) is 0. The number of aromatic nitrogens is 3. The summed E-state index contributed by atoms with van der Waals surface area (Å²) in [6.45, 7) is 1.93. The van der Waals surface area contributed by atoms with Gasteiger partial charge in [0.15, 0.2) is 4.34 Å². The number of rotatable bonds is 5. The van der Waals surface area contributed by atoms with Gasteiger partial charge in [0.1, 0.15) is 0 Å². The summed E-state index contributed by atoms with van der Waals surface area (Å²) < 4.78 is 0.884. The van der Waals surface area contributed by atoms with Gasteiger partial charge in [-0.2, -0.15) is 0 Å². The molecule has 0 aliphatic carbocycles. The smallest absolute Gasteiger partial charge is 0.208 e. The first kappa shape index (κ1) is 14.2. The van der Waals surface area contributed by atoms with Gasteiger partial charge >= 0.3 is 0 Å². The summed E-state index contributed by atoms with van der Waals surface area (Å²) in [7, 11) is 3.88. The number of aliphatic hydroxyl groups is 1. The second kappa shape index (κ2) is 6.31. The Hall–Kier alpha value is -1.18. The summed E-state index contributed by atoms with van der Waals surface area (Å²) in [6.07, 6.45) is 1.94. The third kappa shape index (κ3) is 3.65. The molecule has 0 spiro atoms. The maximum Gasteiger partial charge on any atom is 0.208 e. The molecule has 0 aliphatic rings. The number of aliphatic hydroxyl groups excluding tert-OH is 1. The van der Waals surface area contributed by atoms with E-state index in [1.807, 2.05) is 38.1 Å². The summed E-state index contributed by atoms with van der Waals surface area (Å²) in [5, 5.41) is 18.8. The van der Waals surface area contributed by atoms with Crippen molar-refractivity contribution in [1.29, 1.82) is 0 Å². The van der Waals surface area contributed by atoms with Gasteiger partial charge in [-0.15, -0.1) is 10.2 Å². The Bertz CT molecular complexity index is 527. The van der Waals surface area contributed by atoms with E-state index in [-0.39, 0.29) is 0 Å². The highest BCUT2D eigenvalue weighted by Gasteiger charge is 2.09. The molecule has 2 aromatic heterocycles. The minimum absolute atomic E-state index is 0.485. The van der Waals surface area contributed by atoms with Crippen molar-refractivity contribution in [3.05, 3.63) is 24.0 Å². The van der Waals surface area contributed by atoms with Crippen LogP contribution in [0.2, 0.25) is 0 Å². The molecule has 0 aromatic carbocycles. The van der Waals surface area contributed by atoms with E-state index in [2.05, 4.69) is 15.2 Å². The predicted molar refractivity (Wildman–Crippen MR) is 77.8 cm³/mol. The molecule has 0 saturated carbocycles. The molecule has 2 heterocycles. The van der Waals surface area contributed by atoms with E-state index in [0.717, 1.165) is 14.4 Å². The third-order valence-electron chi connectivity index (χ3n) is 2.47. The summed E-state index contributed by atoms with van der Waals surface area (Å²) in [5.41, 5.74) is 0.707. The lowest BCUT2D eigenvalue weighted by atomic mass is 10.2. The molecule has 0 radical (unpaired) electrons. The number of hydrogen-bond acceptors (Lipinski definition) is 7. The van der Waals surface area contributed by atoms with Crippen molar-refractivity contribution in [2.24, 2.45) is 0 Å². The molecule has 5 nitrogen and oxygen atoms in total. The Balaban J connectivity index is 2.06. The summed E-state index contributed by atoms with van der Waals surface area (Å²) in [6, 6.07) is 3.80. The van der Waals surface area contributed by atoms with Crippen molar-refractivity contribution in [1.82, 2.24) is 15.2 Å². The third-order valence-corrected chi connectivity index (χ3v) is 4.59. The fourth-order valence-electron chi connectivity index (χ4n) is 1.38. The zero-order valence-corrected chi connectivity index (χ0v) is 12.7. The largest absolute Gasteiger partial charge is 0.387 e. The van der Waals surface area contributed by atoms with Crippen LogP contribution in [0.1, 0.15) is 25.1 Å². The van der Waals surface area contributed by atoms with E-state index in [1.54, 1.807) is 17.5 Å². The van der Waals surface area contributed by atoms with Crippen molar-refractivity contribution >= 4 is 28.2 Å². The fourth-order valence-corrected chi connectivity index (χ4v) is 3.09.